The predicted molar refractivity (Wildman–Crippen MR) is 68.5 cm³/mol. The van der Waals surface area contributed by atoms with Crippen molar-refractivity contribution in [1.29, 1.82) is 0 Å². The third-order valence-electron chi connectivity index (χ3n) is 3.33. The Morgan fingerprint density at radius 2 is 2.14 bits per heavy atom. The lowest BCUT2D eigenvalue weighted by molar-refractivity contribution is -0.160. The van der Waals surface area contributed by atoms with Crippen molar-refractivity contribution in [2.24, 2.45) is 0 Å². The van der Waals surface area contributed by atoms with Gasteiger partial charge in [-0.25, -0.2) is 4.79 Å². The van der Waals surface area contributed by atoms with Crippen LogP contribution in [-0.4, -0.2) is 43.8 Å². The van der Waals surface area contributed by atoms with E-state index in [9.17, 15) is 18.0 Å². The molecule has 21 heavy (non-hydrogen) atoms. The molecule has 0 saturated carbocycles. The smallest absolute Gasteiger partial charge is 0.416 e. The molecule has 1 saturated heterocycles. The van der Waals surface area contributed by atoms with E-state index in [1.165, 1.54) is 19.2 Å². The standard InChI is InChI=1S/C14H16F3NO3/c1-20-13(19)12-9-18(6-7-21-12)8-10-4-2-3-5-11(10)14(15,16)17/h2-5,12H,6-9H2,1H3. The number of nitrogens with zero attached hydrogens (tertiary/aromatic N) is 1. The molecule has 1 aromatic carbocycles. The normalized spacial score (nSPS) is 20.3. The zero-order chi connectivity index (χ0) is 15.5. The number of rotatable bonds is 3. The molecule has 0 radical (unpaired) electrons. The molecule has 1 unspecified atom stereocenters. The Labute approximate surface area is 120 Å². The van der Waals surface area contributed by atoms with Gasteiger partial charge in [0.1, 0.15) is 0 Å². The fourth-order valence-corrected chi connectivity index (χ4v) is 2.30. The lowest BCUT2D eigenvalue weighted by Gasteiger charge is -2.32. The molecule has 0 amide bonds. The second-order valence-electron chi connectivity index (χ2n) is 4.77. The van der Waals surface area contributed by atoms with Crippen LogP contribution in [-0.2, 0) is 27.0 Å². The molecule has 1 aliphatic heterocycles. The van der Waals surface area contributed by atoms with Crippen molar-refractivity contribution < 1.29 is 27.4 Å². The Morgan fingerprint density at radius 1 is 1.43 bits per heavy atom. The van der Waals surface area contributed by atoms with Gasteiger partial charge in [0.25, 0.3) is 0 Å². The van der Waals surface area contributed by atoms with Crippen molar-refractivity contribution in [2.45, 2.75) is 18.8 Å². The van der Waals surface area contributed by atoms with Gasteiger partial charge in [-0.2, -0.15) is 13.2 Å². The molecule has 0 aromatic heterocycles. The highest BCUT2D eigenvalue weighted by atomic mass is 19.4. The quantitative estimate of drug-likeness (QED) is 0.802. The lowest BCUT2D eigenvalue weighted by Crippen LogP contribution is -2.46. The van der Waals surface area contributed by atoms with Gasteiger partial charge in [-0.15, -0.1) is 0 Å². The number of alkyl halides is 3. The van der Waals surface area contributed by atoms with Crippen LogP contribution in [0.25, 0.3) is 0 Å². The second-order valence-corrected chi connectivity index (χ2v) is 4.77. The summed E-state index contributed by atoms with van der Waals surface area (Å²) in [4.78, 5) is 13.2. The zero-order valence-electron chi connectivity index (χ0n) is 11.5. The van der Waals surface area contributed by atoms with Crippen LogP contribution in [0, 0.1) is 0 Å². The molecular formula is C14H16F3NO3. The molecule has 1 aliphatic rings. The molecule has 7 heteroatoms. The molecule has 1 atom stereocenters. The SMILES string of the molecule is COC(=O)C1CN(Cc2ccccc2C(F)(F)F)CCO1. The predicted octanol–water partition coefficient (Wildman–Crippen LogP) is 2.08. The Bertz CT molecular complexity index is 504. The Hall–Kier alpha value is -1.60. The third kappa shape index (κ3) is 3.95. The van der Waals surface area contributed by atoms with Crippen molar-refractivity contribution in [2.75, 3.05) is 26.8 Å². The number of hydrogen-bond acceptors (Lipinski definition) is 4. The van der Waals surface area contributed by atoms with Crippen molar-refractivity contribution in [3.05, 3.63) is 35.4 Å². The number of benzene rings is 1. The van der Waals surface area contributed by atoms with Gasteiger partial charge in [0.15, 0.2) is 6.10 Å². The molecule has 0 N–H and O–H groups in total. The minimum Gasteiger partial charge on any atom is -0.467 e. The number of halogens is 3. The fourth-order valence-electron chi connectivity index (χ4n) is 2.30. The van der Waals surface area contributed by atoms with Gasteiger partial charge in [-0.05, 0) is 11.6 Å². The Kier molecular flexibility index (Phi) is 4.84. The second kappa shape index (κ2) is 6.44. The summed E-state index contributed by atoms with van der Waals surface area (Å²) in [6, 6.07) is 5.45. The van der Waals surface area contributed by atoms with E-state index in [0.29, 0.717) is 6.54 Å². The summed E-state index contributed by atoms with van der Waals surface area (Å²) in [5.41, 5.74) is -0.457. The van der Waals surface area contributed by atoms with Crippen LogP contribution in [0.15, 0.2) is 24.3 Å². The highest BCUT2D eigenvalue weighted by Gasteiger charge is 2.34. The van der Waals surface area contributed by atoms with E-state index in [-0.39, 0.29) is 25.3 Å². The molecule has 116 valence electrons. The van der Waals surface area contributed by atoms with E-state index >= 15 is 0 Å². The van der Waals surface area contributed by atoms with Gasteiger partial charge in [0, 0.05) is 19.6 Å². The molecule has 1 heterocycles. The average Bonchev–Trinajstić information content (AvgIpc) is 2.46. The molecule has 4 nitrogen and oxygen atoms in total. The summed E-state index contributed by atoms with van der Waals surface area (Å²) < 4.78 is 48.7. The zero-order valence-corrected chi connectivity index (χ0v) is 11.5. The maximum Gasteiger partial charge on any atom is 0.416 e. The van der Waals surface area contributed by atoms with Crippen LogP contribution < -0.4 is 0 Å². The van der Waals surface area contributed by atoms with Gasteiger partial charge in [-0.1, -0.05) is 18.2 Å². The third-order valence-corrected chi connectivity index (χ3v) is 3.33. The lowest BCUT2D eigenvalue weighted by atomic mass is 10.1. The monoisotopic (exact) mass is 303 g/mol. The van der Waals surface area contributed by atoms with Gasteiger partial charge in [-0.3, -0.25) is 4.90 Å². The summed E-state index contributed by atoms with van der Waals surface area (Å²) in [5.74, 6) is -0.510. The minimum absolute atomic E-state index is 0.118. The number of carbonyl (C=O) groups is 1. The van der Waals surface area contributed by atoms with Gasteiger partial charge >= 0.3 is 12.1 Å². The first-order valence-electron chi connectivity index (χ1n) is 6.48. The first-order valence-corrected chi connectivity index (χ1v) is 6.48. The molecule has 0 bridgehead atoms. The van der Waals surface area contributed by atoms with E-state index in [0.717, 1.165) is 6.07 Å². The number of esters is 1. The van der Waals surface area contributed by atoms with E-state index in [4.69, 9.17) is 4.74 Å². The van der Waals surface area contributed by atoms with E-state index in [1.807, 2.05) is 0 Å². The van der Waals surface area contributed by atoms with Crippen LogP contribution in [0.4, 0.5) is 13.2 Å². The van der Waals surface area contributed by atoms with Crippen LogP contribution in [0.3, 0.4) is 0 Å². The van der Waals surface area contributed by atoms with Crippen LogP contribution in [0.1, 0.15) is 11.1 Å². The number of methoxy groups -OCH3 is 1. The van der Waals surface area contributed by atoms with E-state index < -0.39 is 23.8 Å². The molecule has 1 fully saturated rings. The summed E-state index contributed by atoms with van der Waals surface area (Å²) >= 11 is 0. The molecule has 2 rings (SSSR count). The van der Waals surface area contributed by atoms with Crippen LogP contribution in [0.5, 0.6) is 0 Å². The largest absolute Gasteiger partial charge is 0.467 e. The number of carbonyl (C=O) groups excluding carboxylic acids is 1. The summed E-state index contributed by atoms with van der Waals surface area (Å²) in [6.45, 7) is 1.10. The van der Waals surface area contributed by atoms with E-state index in [1.54, 1.807) is 11.0 Å². The first kappa shape index (κ1) is 15.8. The molecule has 0 aliphatic carbocycles. The molecule has 1 aromatic rings. The summed E-state index contributed by atoms with van der Waals surface area (Å²) in [6.07, 6.45) is -5.13. The number of hydrogen-bond donors (Lipinski definition) is 0. The summed E-state index contributed by atoms with van der Waals surface area (Å²) in [5, 5.41) is 0. The maximum atomic E-state index is 12.9. The Morgan fingerprint density at radius 3 is 2.81 bits per heavy atom. The van der Waals surface area contributed by atoms with Crippen molar-refractivity contribution >= 4 is 5.97 Å². The molecule has 0 spiro atoms. The van der Waals surface area contributed by atoms with Crippen molar-refractivity contribution in [3.63, 3.8) is 0 Å². The number of ether oxygens (including phenoxy) is 2. The first-order chi connectivity index (χ1) is 9.91. The van der Waals surface area contributed by atoms with Crippen molar-refractivity contribution in [3.8, 4) is 0 Å². The number of morpholine rings is 1. The average molecular weight is 303 g/mol. The highest BCUT2D eigenvalue weighted by Crippen LogP contribution is 2.32. The molecular weight excluding hydrogens is 287 g/mol. The van der Waals surface area contributed by atoms with Crippen LogP contribution in [0.2, 0.25) is 0 Å². The van der Waals surface area contributed by atoms with E-state index in [2.05, 4.69) is 4.74 Å². The Balaban J connectivity index is 2.10. The maximum absolute atomic E-state index is 12.9. The summed E-state index contributed by atoms with van der Waals surface area (Å²) in [7, 11) is 1.25. The van der Waals surface area contributed by atoms with Gasteiger partial charge in [0.05, 0.1) is 19.3 Å². The minimum atomic E-state index is -4.38. The topological polar surface area (TPSA) is 38.8 Å². The highest BCUT2D eigenvalue weighted by molar-refractivity contribution is 5.74. The van der Waals surface area contributed by atoms with Gasteiger partial charge in [0.2, 0.25) is 0 Å². The van der Waals surface area contributed by atoms with Gasteiger partial charge < -0.3 is 9.47 Å². The van der Waals surface area contributed by atoms with Crippen molar-refractivity contribution in [1.82, 2.24) is 4.90 Å². The van der Waals surface area contributed by atoms with Crippen LogP contribution >= 0.6 is 0 Å². The fraction of sp³-hybridized carbons (Fsp3) is 0.500.